The molecule has 0 aliphatic heterocycles. The number of thiazole rings is 2. The maximum absolute atomic E-state index is 5.78. The summed E-state index contributed by atoms with van der Waals surface area (Å²) in [5.74, 6) is 0. The Labute approximate surface area is 115 Å². The second kappa shape index (κ2) is 6.38. The van der Waals surface area contributed by atoms with Gasteiger partial charge in [-0.3, -0.25) is 0 Å². The lowest BCUT2D eigenvalue weighted by Crippen LogP contribution is -2.17. The van der Waals surface area contributed by atoms with Crippen LogP contribution < -0.4 is 11.1 Å². The van der Waals surface area contributed by atoms with Crippen molar-refractivity contribution < 1.29 is 0 Å². The highest BCUT2D eigenvalue weighted by Gasteiger charge is 2.05. The van der Waals surface area contributed by atoms with Crippen LogP contribution in [0.4, 0.5) is 0 Å². The number of hydrogen-bond donors (Lipinski definition) is 2. The number of nitrogens with one attached hydrogen (secondary N) is 1. The van der Waals surface area contributed by atoms with E-state index in [4.69, 9.17) is 5.73 Å². The summed E-state index contributed by atoms with van der Waals surface area (Å²) < 4.78 is 0. The minimum absolute atomic E-state index is 0.0294. The van der Waals surface area contributed by atoms with Crippen LogP contribution in [-0.2, 0) is 13.0 Å². The molecule has 4 nitrogen and oxygen atoms in total. The van der Waals surface area contributed by atoms with Gasteiger partial charge in [0.2, 0.25) is 0 Å². The monoisotopic (exact) mass is 282 g/mol. The van der Waals surface area contributed by atoms with Crippen LogP contribution in [0.1, 0.15) is 34.4 Å². The maximum atomic E-state index is 5.78. The molecule has 0 spiro atoms. The largest absolute Gasteiger partial charge is 0.322 e. The second-order valence-electron chi connectivity index (χ2n) is 4.25. The third-order valence-corrected chi connectivity index (χ3v) is 4.41. The molecule has 6 heteroatoms. The molecular formula is C12H18N4S2. The van der Waals surface area contributed by atoms with Gasteiger partial charge in [-0.2, -0.15) is 0 Å². The summed E-state index contributed by atoms with van der Waals surface area (Å²) in [5, 5.41) is 9.70. The van der Waals surface area contributed by atoms with Crippen molar-refractivity contribution in [1.29, 1.82) is 0 Å². The van der Waals surface area contributed by atoms with E-state index in [2.05, 4.69) is 26.0 Å². The van der Waals surface area contributed by atoms with Gasteiger partial charge in [0.15, 0.2) is 0 Å². The molecule has 2 aromatic heterocycles. The van der Waals surface area contributed by atoms with Crippen molar-refractivity contribution in [2.45, 2.75) is 32.9 Å². The van der Waals surface area contributed by atoms with Gasteiger partial charge in [0.25, 0.3) is 0 Å². The van der Waals surface area contributed by atoms with Crippen LogP contribution in [0.5, 0.6) is 0 Å². The zero-order chi connectivity index (χ0) is 13.0. The van der Waals surface area contributed by atoms with Crippen LogP contribution in [0.2, 0.25) is 0 Å². The lowest BCUT2D eigenvalue weighted by Gasteiger charge is -2.01. The van der Waals surface area contributed by atoms with Crippen molar-refractivity contribution >= 4 is 22.7 Å². The van der Waals surface area contributed by atoms with Crippen molar-refractivity contribution in [1.82, 2.24) is 15.3 Å². The van der Waals surface area contributed by atoms with Crippen molar-refractivity contribution in [2.75, 3.05) is 6.54 Å². The highest BCUT2D eigenvalue weighted by atomic mass is 32.1. The molecule has 2 heterocycles. The van der Waals surface area contributed by atoms with E-state index in [0.29, 0.717) is 0 Å². The van der Waals surface area contributed by atoms with Gasteiger partial charge in [-0.25, -0.2) is 9.97 Å². The van der Waals surface area contributed by atoms with E-state index in [0.717, 1.165) is 35.2 Å². The number of nitrogens with zero attached hydrogens (tertiary/aromatic N) is 2. The van der Waals surface area contributed by atoms with Gasteiger partial charge in [0, 0.05) is 30.3 Å². The molecule has 18 heavy (non-hydrogen) atoms. The Balaban J connectivity index is 1.71. The molecule has 0 aliphatic carbocycles. The maximum Gasteiger partial charge on any atom is 0.109 e. The van der Waals surface area contributed by atoms with Gasteiger partial charge < -0.3 is 11.1 Å². The zero-order valence-electron chi connectivity index (χ0n) is 10.6. The third-order valence-electron chi connectivity index (χ3n) is 2.49. The Morgan fingerprint density at radius 3 is 2.67 bits per heavy atom. The van der Waals surface area contributed by atoms with Crippen molar-refractivity contribution in [3.63, 3.8) is 0 Å². The van der Waals surface area contributed by atoms with Gasteiger partial charge in [-0.1, -0.05) is 0 Å². The zero-order valence-corrected chi connectivity index (χ0v) is 12.3. The molecule has 1 unspecified atom stereocenters. The summed E-state index contributed by atoms with van der Waals surface area (Å²) in [5.41, 5.74) is 8.02. The van der Waals surface area contributed by atoms with E-state index in [1.807, 2.05) is 13.8 Å². The molecule has 0 aromatic carbocycles. The van der Waals surface area contributed by atoms with E-state index in [-0.39, 0.29) is 6.04 Å². The van der Waals surface area contributed by atoms with Crippen molar-refractivity contribution in [3.05, 3.63) is 32.2 Å². The summed E-state index contributed by atoms with van der Waals surface area (Å²) in [4.78, 5) is 8.91. The van der Waals surface area contributed by atoms with E-state index in [1.165, 1.54) is 5.69 Å². The summed E-state index contributed by atoms with van der Waals surface area (Å²) in [6, 6.07) is 0.0294. The minimum atomic E-state index is 0.0294. The Morgan fingerprint density at radius 1 is 1.28 bits per heavy atom. The van der Waals surface area contributed by atoms with Crippen LogP contribution in [0.15, 0.2) is 10.8 Å². The molecule has 0 bridgehead atoms. The quantitative estimate of drug-likeness (QED) is 0.798. The second-order valence-corrected chi connectivity index (χ2v) is 6.20. The first-order valence-corrected chi connectivity index (χ1v) is 7.72. The molecule has 0 aliphatic rings. The minimum Gasteiger partial charge on any atom is -0.322 e. The molecule has 0 fully saturated rings. The summed E-state index contributed by atoms with van der Waals surface area (Å²) in [7, 11) is 0. The summed E-state index contributed by atoms with van der Waals surface area (Å²) >= 11 is 3.33. The van der Waals surface area contributed by atoms with E-state index >= 15 is 0 Å². The molecule has 0 saturated heterocycles. The molecule has 0 saturated carbocycles. The summed E-state index contributed by atoms with van der Waals surface area (Å²) in [6.45, 7) is 5.72. The average molecular weight is 282 g/mol. The lowest BCUT2D eigenvalue weighted by atomic mass is 10.3. The lowest BCUT2D eigenvalue weighted by molar-refractivity contribution is 0.667. The van der Waals surface area contributed by atoms with Crippen LogP contribution in [0, 0.1) is 6.92 Å². The Bertz CT molecular complexity index is 490. The van der Waals surface area contributed by atoms with Crippen LogP contribution in [0.25, 0.3) is 0 Å². The molecule has 2 aromatic rings. The Morgan fingerprint density at radius 2 is 2.06 bits per heavy atom. The molecule has 0 amide bonds. The standard InChI is InChI=1S/C12H18N4S2/c1-8(13)12-16-11(7-18-12)5-14-4-3-10-6-17-9(2)15-10/h6-8,14H,3-5,13H2,1-2H3. The van der Waals surface area contributed by atoms with Gasteiger partial charge >= 0.3 is 0 Å². The smallest absolute Gasteiger partial charge is 0.109 e. The molecular weight excluding hydrogens is 264 g/mol. The first kappa shape index (κ1) is 13.6. The van der Waals surface area contributed by atoms with Gasteiger partial charge in [0.05, 0.1) is 22.4 Å². The average Bonchev–Trinajstić information content (AvgIpc) is 2.93. The highest BCUT2D eigenvalue weighted by Crippen LogP contribution is 2.15. The first-order valence-electron chi connectivity index (χ1n) is 5.97. The molecule has 3 N–H and O–H groups in total. The fourth-order valence-corrected chi connectivity index (χ4v) is 2.99. The molecule has 0 radical (unpaired) electrons. The van der Waals surface area contributed by atoms with Crippen LogP contribution in [-0.4, -0.2) is 16.5 Å². The molecule has 2 rings (SSSR count). The fraction of sp³-hybridized carbons (Fsp3) is 0.500. The number of nitrogens with two attached hydrogens (primary N) is 1. The molecule has 98 valence electrons. The Hall–Kier alpha value is -0.820. The number of aromatic nitrogens is 2. The number of rotatable bonds is 6. The third kappa shape index (κ3) is 3.84. The number of aryl methyl sites for hydroxylation is 1. The Kier molecular flexibility index (Phi) is 4.82. The van der Waals surface area contributed by atoms with E-state index in [9.17, 15) is 0 Å². The van der Waals surface area contributed by atoms with Crippen LogP contribution >= 0.6 is 22.7 Å². The van der Waals surface area contributed by atoms with E-state index < -0.39 is 0 Å². The van der Waals surface area contributed by atoms with Crippen LogP contribution in [0.3, 0.4) is 0 Å². The summed E-state index contributed by atoms with van der Waals surface area (Å²) in [6.07, 6.45) is 0.967. The number of hydrogen-bond acceptors (Lipinski definition) is 6. The van der Waals surface area contributed by atoms with Gasteiger partial charge in [-0.15, -0.1) is 22.7 Å². The normalized spacial score (nSPS) is 12.8. The predicted octanol–water partition coefficient (Wildman–Crippen LogP) is 2.26. The molecule has 1 atom stereocenters. The van der Waals surface area contributed by atoms with Crippen molar-refractivity contribution in [2.24, 2.45) is 5.73 Å². The predicted molar refractivity (Wildman–Crippen MR) is 77.0 cm³/mol. The topological polar surface area (TPSA) is 63.8 Å². The van der Waals surface area contributed by atoms with Gasteiger partial charge in [0.1, 0.15) is 5.01 Å². The fourth-order valence-electron chi connectivity index (χ4n) is 1.57. The first-order chi connectivity index (χ1) is 8.65. The van der Waals surface area contributed by atoms with Gasteiger partial charge in [-0.05, 0) is 13.8 Å². The SMILES string of the molecule is Cc1nc(CCNCc2csc(C(C)N)n2)cs1. The van der Waals surface area contributed by atoms with Crippen molar-refractivity contribution in [3.8, 4) is 0 Å². The van der Waals surface area contributed by atoms with E-state index in [1.54, 1.807) is 22.7 Å². The highest BCUT2D eigenvalue weighted by molar-refractivity contribution is 7.09.